The summed E-state index contributed by atoms with van der Waals surface area (Å²) in [5.74, 6) is -2.43. The van der Waals surface area contributed by atoms with E-state index >= 15 is 0 Å². The number of hydrogen-bond acceptors (Lipinski definition) is 8. The topological polar surface area (TPSA) is 169 Å². The van der Waals surface area contributed by atoms with E-state index in [2.05, 4.69) is 21.1 Å². The molecule has 0 radical (unpaired) electrons. The Labute approximate surface area is 275 Å². The molecule has 0 saturated heterocycles. The number of phenols is 2. The third-order valence-electron chi connectivity index (χ3n) is 5.11. The standard InChI is InChI=1S/2C14H10Cl2N2O3.Fe/c2*15-9-5-8(13(20)11(16)6-9)7-17-18-14(21)10-3-1-2-4-12(10)19;/h2*1-7,19-20H,(H,18,21);/q;;+2/p-2/b2*17-7-;. The van der Waals surface area contributed by atoms with Crippen LogP contribution in [0.5, 0.6) is 23.0 Å². The number of nitrogens with one attached hydrogen (secondary N) is 2. The summed E-state index contributed by atoms with van der Waals surface area (Å²) in [5.41, 5.74) is 4.83. The molecule has 15 heteroatoms. The van der Waals surface area contributed by atoms with Crippen LogP contribution in [0.15, 0.2) is 83.0 Å². The smallest absolute Gasteiger partial charge is 0.871 e. The molecule has 0 bridgehead atoms. The maximum absolute atomic E-state index is 11.8. The number of aromatic hydroxyl groups is 2. The summed E-state index contributed by atoms with van der Waals surface area (Å²) in [6, 6.07) is 17.4. The number of amides is 2. The minimum absolute atomic E-state index is 0. The van der Waals surface area contributed by atoms with Crippen LogP contribution in [-0.4, -0.2) is 34.5 Å². The molecule has 0 aromatic heterocycles. The molecule has 0 saturated carbocycles. The molecule has 0 fully saturated rings. The number of carbonyl (C=O) groups excluding carboxylic acids is 2. The molecule has 43 heavy (non-hydrogen) atoms. The molecule has 0 aliphatic carbocycles. The second-order valence-corrected chi connectivity index (χ2v) is 9.73. The Morgan fingerprint density at radius 2 is 1.00 bits per heavy atom. The van der Waals surface area contributed by atoms with Crippen molar-refractivity contribution in [3.05, 3.63) is 115 Å². The zero-order valence-electron chi connectivity index (χ0n) is 21.4. The molecule has 0 aliphatic heterocycles. The number of halogens is 4. The third kappa shape index (κ3) is 10.1. The summed E-state index contributed by atoms with van der Waals surface area (Å²) < 4.78 is 0. The number of nitrogens with zero attached hydrogens (tertiary/aromatic N) is 2. The first-order valence-electron chi connectivity index (χ1n) is 11.5. The number of hydrogen-bond donors (Lipinski definition) is 4. The summed E-state index contributed by atoms with van der Waals surface area (Å²) in [4.78, 5) is 23.5. The van der Waals surface area contributed by atoms with Gasteiger partial charge in [-0.15, -0.1) is 0 Å². The average Bonchev–Trinajstić information content (AvgIpc) is 2.94. The van der Waals surface area contributed by atoms with Gasteiger partial charge in [-0.2, -0.15) is 10.2 Å². The molecular formula is C28H18Cl4FeN4O6. The Balaban J connectivity index is 0.000000293. The van der Waals surface area contributed by atoms with E-state index < -0.39 is 23.3 Å². The van der Waals surface area contributed by atoms with Gasteiger partial charge in [0.05, 0.1) is 23.6 Å². The van der Waals surface area contributed by atoms with Crippen molar-refractivity contribution in [2.24, 2.45) is 10.2 Å². The Bertz CT molecular complexity index is 1560. The number of benzene rings is 4. The molecule has 2 amide bonds. The van der Waals surface area contributed by atoms with E-state index in [9.17, 15) is 30.0 Å². The zero-order chi connectivity index (χ0) is 30.8. The molecule has 4 aromatic rings. The van der Waals surface area contributed by atoms with Crippen LogP contribution in [0.2, 0.25) is 20.1 Å². The first kappa shape index (κ1) is 35.2. The van der Waals surface area contributed by atoms with Gasteiger partial charge >= 0.3 is 17.1 Å². The van der Waals surface area contributed by atoms with E-state index in [0.29, 0.717) is 0 Å². The maximum Gasteiger partial charge on any atom is 2.00 e. The van der Waals surface area contributed by atoms with Gasteiger partial charge in [-0.05, 0) is 59.7 Å². The molecule has 0 heterocycles. The van der Waals surface area contributed by atoms with Gasteiger partial charge in [0.1, 0.15) is 11.5 Å². The fourth-order valence-electron chi connectivity index (χ4n) is 3.12. The van der Waals surface area contributed by atoms with Crippen LogP contribution in [0.25, 0.3) is 0 Å². The van der Waals surface area contributed by atoms with E-state index in [1.807, 2.05) is 0 Å². The van der Waals surface area contributed by atoms with Crippen molar-refractivity contribution in [2.45, 2.75) is 0 Å². The summed E-state index contributed by atoms with van der Waals surface area (Å²) in [7, 11) is 0. The SMILES string of the molecule is O=C(N/N=C\c1cc(Cl)cc(Cl)c1[O-])c1ccccc1O.O=C(N/N=C\c1cc(Cl)cc(Cl)c1[O-])c1ccccc1O.[Fe+2]. The molecule has 4 aromatic carbocycles. The van der Waals surface area contributed by atoms with Crippen LogP contribution in [0.4, 0.5) is 0 Å². The van der Waals surface area contributed by atoms with E-state index in [1.165, 1.54) is 48.5 Å². The van der Waals surface area contributed by atoms with Crippen molar-refractivity contribution >= 4 is 70.6 Å². The maximum atomic E-state index is 11.8. The first-order valence-corrected chi connectivity index (χ1v) is 13.0. The summed E-state index contributed by atoms with van der Waals surface area (Å²) >= 11 is 22.9. The van der Waals surface area contributed by atoms with Crippen molar-refractivity contribution in [1.29, 1.82) is 0 Å². The normalized spacial score (nSPS) is 10.5. The van der Waals surface area contributed by atoms with Gasteiger partial charge in [-0.25, -0.2) is 10.9 Å². The molecule has 4 N–H and O–H groups in total. The van der Waals surface area contributed by atoms with Gasteiger partial charge < -0.3 is 20.4 Å². The molecule has 222 valence electrons. The number of hydrazone groups is 2. The van der Waals surface area contributed by atoms with Crippen molar-refractivity contribution in [2.75, 3.05) is 0 Å². The Morgan fingerprint density at radius 3 is 1.35 bits per heavy atom. The first-order chi connectivity index (χ1) is 20.0. The molecule has 10 nitrogen and oxygen atoms in total. The van der Waals surface area contributed by atoms with Crippen LogP contribution >= 0.6 is 46.4 Å². The van der Waals surface area contributed by atoms with E-state index in [1.54, 1.807) is 24.3 Å². The second kappa shape index (κ2) is 16.6. The molecule has 0 aliphatic rings. The summed E-state index contributed by atoms with van der Waals surface area (Å²) in [6.07, 6.45) is 2.27. The van der Waals surface area contributed by atoms with Crippen LogP contribution in [0, 0.1) is 0 Å². The Kier molecular flexibility index (Phi) is 13.6. The van der Waals surface area contributed by atoms with Crippen molar-refractivity contribution in [3.63, 3.8) is 0 Å². The fraction of sp³-hybridized carbons (Fsp3) is 0. The van der Waals surface area contributed by atoms with Crippen LogP contribution in [-0.2, 0) is 17.1 Å². The number of rotatable bonds is 6. The average molecular weight is 704 g/mol. The van der Waals surface area contributed by atoms with E-state index in [0.717, 1.165) is 12.4 Å². The Hall–Kier alpha value is -3.96. The van der Waals surface area contributed by atoms with Crippen LogP contribution in [0.3, 0.4) is 0 Å². The second-order valence-electron chi connectivity index (χ2n) is 8.04. The van der Waals surface area contributed by atoms with Gasteiger partial charge in [0.25, 0.3) is 11.8 Å². The molecule has 0 unspecified atom stereocenters. The number of para-hydroxylation sites is 2. The predicted octanol–water partition coefficient (Wildman–Crippen LogP) is 5.07. The monoisotopic (exact) mass is 702 g/mol. The number of carbonyl (C=O) groups is 2. The van der Waals surface area contributed by atoms with Gasteiger partial charge in [-0.1, -0.05) is 82.2 Å². The van der Waals surface area contributed by atoms with Crippen molar-refractivity contribution < 1.29 is 47.1 Å². The van der Waals surface area contributed by atoms with Gasteiger partial charge in [-0.3, -0.25) is 9.59 Å². The fourth-order valence-corrected chi connectivity index (χ4v) is 4.14. The predicted molar refractivity (Wildman–Crippen MR) is 158 cm³/mol. The van der Waals surface area contributed by atoms with Gasteiger partial charge in [0, 0.05) is 20.1 Å². The van der Waals surface area contributed by atoms with Crippen LogP contribution in [0.1, 0.15) is 31.8 Å². The van der Waals surface area contributed by atoms with Gasteiger partial charge in [0.2, 0.25) is 0 Å². The zero-order valence-corrected chi connectivity index (χ0v) is 25.5. The van der Waals surface area contributed by atoms with E-state index in [-0.39, 0.29) is 70.9 Å². The summed E-state index contributed by atoms with van der Waals surface area (Å²) in [6.45, 7) is 0. The van der Waals surface area contributed by atoms with Gasteiger partial charge in [0.15, 0.2) is 0 Å². The largest absolute Gasteiger partial charge is 2.00 e. The number of phenolic OH excluding ortho intramolecular Hbond substituents is 2. The molecule has 0 atom stereocenters. The third-order valence-corrected chi connectivity index (χ3v) is 6.11. The van der Waals surface area contributed by atoms with E-state index in [4.69, 9.17) is 46.4 Å². The molecule has 4 rings (SSSR count). The molecular weight excluding hydrogens is 686 g/mol. The van der Waals surface area contributed by atoms with Crippen molar-refractivity contribution in [3.8, 4) is 23.0 Å². The summed E-state index contributed by atoms with van der Waals surface area (Å²) in [5, 5.41) is 50.2. The quantitative estimate of drug-likeness (QED) is 0.124. The minimum atomic E-state index is -0.607. The van der Waals surface area contributed by atoms with Crippen molar-refractivity contribution in [1.82, 2.24) is 10.9 Å². The Morgan fingerprint density at radius 1 is 0.651 bits per heavy atom. The molecule has 0 spiro atoms. The van der Waals surface area contributed by atoms with Crippen LogP contribution < -0.4 is 21.1 Å². The minimum Gasteiger partial charge on any atom is -0.871 e.